The van der Waals surface area contributed by atoms with E-state index in [1.165, 1.54) is 0 Å². The van der Waals surface area contributed by atoms with Crippen molar-refractivity contribution in [2.45, 2.75) is 25.7 Å². The van der Waals surface area contributed by atoms with Gasteiger partial charge in [0.15, 0.2) is 11.5 Å². The van der Waals surface area contributed by atoms with Gasteiger partial charge in [-0.3, -0.25) is 9.78 Å². The van der Waals surface area contributed by atoms with Crippen LogP contribution in [-0.2, 0) is 0 Å². The van der Waals surface area contributed by atoms with E-state index in [0.717, 1.165) is 35.5 Å². The molecule has 0 saturated carbocycles. The highest BCUT2D eigenvalue weighted by Gasteiger charge is 2.28. The Morgan fingerprint density at radius 1 is 1.07 bits per heavy atom. The molecule has 0 aliphatic carbocycles. The quantitative estimate of drug-likeness (QED) is 0.666. The average Bonchev–Trinajstić information content (AvgIpc) is 3.27. The first-order valence-electron chi connectivity index (χ1n) is 10.1. The molecule has 7 heteroatoms. The second-order valence-electron chi connectivity index (χ2n) is 7.59. The van der Waals surface area contributed by atoms with Crippen LogP contribution in [0.25, 0.3) is 11.1 Å². The molecule has 7 nitrogen and oxygen atoms in total. The Balaban J connectivity index is 1.33. The van der Waals surface area contributed by atoms with Crippen LogP contribution in [0.15, 0.2) is 48.9 Å². The lowest BCUT2D eigenvalue weighted by Gasteiger charge is -2.32. The van der Waals surface area contributed by atoms with E-state index in [1.807, 2.05) is 30.2 Å². The SMILES string of the molecule is Cc1ncc(-c2ccncc2)c(C2CCN(C(=O)c3ccc4c(c3)OCO4)CC2)n1. The highest BCUT2D eigenvalue weighted by molar-refractivity contribution is 5.95. The molecule has 2 aromatic heterocycles. The van der Waals surface area contributed by atoms with Gasteiger partial charge in [-0.25, -0.2) is 9.97 Å². The highest BCUT2D eigenvalue weighted by atomic mass is 16.7. The Bertz CT molecular complexity index is 1080. The summed E-state index contributed by atoms with van der Waals surface area (Å²) in [6.45, 7) is 3.50. The summed E-state index contributed by atoms with van der Waals surface area (Å²) in [5, 5.41) is 0. The van der Waals surface area contributed by atoms with Gasteiger partial charge in [-0.05, 0) is 55.7 Å². The number of piperidine rings is 1. The van der Waals surface area contributed by atoms with Gasteiger partial charge in [0.05, 0.1) is 5.69 Å². The van der Waals surface area contributed by atoms with E-state index in [2.05, 4.69) is 9.97 Å². The van der Waals surface area contributed by atoms with Crippen LogP contribution in [0.5, 0.6) is 11.5 Å². The third-order valence-corrected chi connectivity index (χ3v) is 5.72. The molecule has 4 heterocycles. The second-order valence-corrected chi connectivity index (χ2v) is 7.59. The molecule has 2 aliphatic rings. The standard InChI is InChI=1S/C23H22N4O3/c1-15-25-13-19(16-4-8-24-9-5-16)22(26-15)17-6-10-27(11-7-17)23(28)18-2-3-20-21(12-18)30-14-29-20/h2-5,8-9,12-13,17H,6-7,10-11,14H2,1H3. The van der Waals surface area contributed by atoms with Crippen molar-refractivity contribution in [1.29, 1.82) is 0 Å². The van der Waals surface area contributed by atoms with E-state index in [-0.39, 0.29) is 18.6 Å². The van der Waals surface area contributed by atoms with Gasteiger partial charge in [-0.2, -0.15) is 0 Å². The summed E-state index contributed by atoms with van der Waals surface area (Å²) in [5.41, 5.74) is 3.80. The van der Waals surface area contributed by atoms with E-state index >= 15 is 0 Å². The van der Waals surface area contributed by atoms with Crippen LogP contribution in [0.3, 0.4) is 0 Å². The molecule has 2 aliphatic heterocycles. The molecule has 3 aromatic rings. The minimum Gasteiger partial charge on any atom is -0.454 e. The fourth-order valence-corrected chi connectivity index (χ4v) is 4.12. The van der Waals surface area contributed by atoms with Gasteiger partial charge in [0.25, 0.3) is 5.91 Å². The van der Waals surface area contributed by atoms with Crippen molar-refractivity contribution < 1.29 is 14.3 Å². The van der Waals surface area contributed by atoms with Crippen molar-refractivity contribution >= 4 is 5.91 Å². The molecule has 1 aromatic carbocycles. The number of benzene rings is 1. The van der Waals surface area contributed by atoms with Crippen LogP contribution in [0, 0.1) is 6.92 Å². The molecule has 1 amide bonds. The van der Waals surface area contributed by atoms with Gasteiger partial charge < -0.3 is 14.4 Å². The molecule has 1 saturated heterocycles. The minimum atomic E-state index is 0.0278. The summed E-state index contributed by atoms with van der Waals surface area (Å²) in [4.78, 5) is 28.2. The monoisotopic (exact) mass is 402 g/mol. The van der Waals surface area contributed by atoms with Crippen LogP contribution in [0.4, 0.5) is 0 Å². The van der Waals surface area contributed by atoms with Gasteiger partial charge in [0.1, 0.15) is 5.82 Å². The van der Waals surface area contributed by atoms with Crippen LogP contribution in [0.1, 0.15) is 40.6 Å². The number of ether oxygens (including phenoxy) is 2. The summed E-state index contributed by atoms with van der Waals surface area (Å²) in [7, 11) is 0. The number of hydrogen-bond donors (Lipinski definition) is 0. The van der Waals surface area contributed by atoms with Crippen molar-refractivity contribution in [3.05, 3.63) is 66.0 Å². The zero-order valence-corrected chi connectivity index (χ0v) is 16.7. The first kappa shape index (κ1) is 18.5. The molecule has 1 fully saturated rings. The average molecular weight is 402 g/mol. The fraction of sp³-hybridized carbons (Fsp3) is 0.304. The number of amides is 1. The van der Waals surface area contributed by atoms with E-state index in [4.69, 9.17) is 14.5 Å². The normalized spacial score (nSPS) is 16.0. The van der Waals surface area contributed by atoms with Gasteiger partial charge in [0.2, 0.25) is 6.79 Å². The van der Waals surface area contributed by atoms with Crippen molar-refractivity contribution in [3.8, 4) is 22.6 Å². The van der Waals surface area contributed by atoms with E-state index in [1.54, 1.807) is 30.6 Å². The lowest BCUT2D eigenvalue weighted by atomic mass is 9.89. The summed E-state index contributed by atoms with van der Waals surface area (Å²) < 4.78 is 10.7. The lowest BCUT2D eigenvalue weighted by Crippen LogP contribution is -2.38. The Kier molecular flexibility index (Phi) is 4.78. The molecular formula is C23H22N4O3. The van der Waals surface area contributed by atoms with Crippen LogP contribution in [-0.4, -0.2) is 45.6 Å². The second kappa shape index (κ2) is 7.74. The highest BCUT2D eigenvalue weighted by Crippen LogP contribution is 2.35. The largest absolute Gasteiger partial charge is 0.454 e. The van der Waals surface area contributed by atoms with Crippen molar-refractivity contribution in [2.24, 2.45) is 0 Å². The predicted octanol–water partition coefficient (Wildman–Crippen LogP) is 3.60. The number of pyridine rings is 1. The zero-order chi connectivity index (χ0) is 20.5. The Labute approximate surface area is 174 Å². The van der Waals surface area contributed by atoms with Crippen LogP contribution < -0.4 is 9.47 Å². The molecule has 5 rings (SSSR count). The van der Waals surface area contributed by atoms with Gasteiger partial charge in [-0.15, -0.1) is 0 Å². The summed E-state index contributed by atoms with van der Waals surface area (Å²) in [6.07, 6.45) is 7.20. The summed E-state index contributed by atoms with van der Waals surface area (Å²) >= 11 is 0. The molecule has 0 spiro atoms. The van der Waals surface area contributed by atoms with Gasteiger partial charge in [0, 0.05) is 48.7 Å². The lowest BCUT2D eigenvalue weighted by molar-refractivity contribution is 0.0711. The van der Waals surface area contributed by atoms with Crippen molar-refractivity contribution in [3.63, 3.8) is 0 Å². The number of carbonyl (C=O) groups is 1. The fourth-order valence-electron chi connectivity index (χ4n) is 4.12. The molecule has 30 heavy (non-hydrogen) atoms. The first-order chi connectivity index (χ1) is 14.7. The number of likely N-dealkylation sites (tertiary alicyclic amines) is 1. The van der Waals surface area contributed by atoms with Crippen LogP contribution in [0.2, 0.25) is 0 Å². The number of rotatable bonds is 3. The van der Waals surface area contributed by atoms with Crippen molar-refractivity contribution in [2.75, 3.05) is 19.9 Å². The third-order valence-electron chi connectivity index (χ3n) is 5.72. The van der Waals surface area contributed by atoms with E-state index in [0.29, 0.717) is 30.2 Å². The number of aromatic nitrogens is 3. The smallest absolute Gasteiger partial charge is 0.253 e. The maximum atomic E-state index is 13.0. The number of hydrogen-bond acceptors (Lipinski definition) is 6. The molecule has 0 unspecified atom stereocenters. The van der Waals surface area contributed by atoms with Crippen LogP contribution >= 0.6 is 0 Å². The Morgan fingerprint density at radius 2 is 1.83 bits per heavy atom. The number of nitrogens with zero attached hydrogens (tertiary/aromatic N) is 4. The molecule has 152 valence electrons. The van der Waals surface area contributed by atoms with Gasteiger partial charge in [-0.1, -0.05) is 0 Å². The number of aryl methyl sites for hydroxylation is 1. The molecule has 0 N–H and O–H groups in total. The minimum absolute atomic E-state index is 0.0278. The molecular weight excluding hydrogens is 380 g/mol. The maximum absolute atomic E-state index is 13.0. The predicted molar refractivity (Wildman–Crippen MR) is 110 cm³/mol. The Morgan fingerprint density at radius 3 is 2.63 bits per heavy atom. The zero-order valence-electron chi connectivity index (χ0n) is 16.7. The van der Waals surface area contributed by atoms with E-state index in [9.17, 15) is 4.79 Å². The molecule has 0 bridgehead atoms. The molecule has 0 atom stereocenters. The number of fused-ring (bicyclic) bond motifs is 1. The first-order valence-corrected chi connectivity index (χ1v) is 10.1. The van der Waals surface area contributed by atoms with Crippen molar-refractivity contribution in [1.82, 2.24) is 19.9 Å². The third kappa shape index (κ3) is 3.47. The molecule has 0 radical (unpaired) electrons. The summed E-state index contributed by atoms with van der Waals surface area (Å²) in [5.74, 6) is 2.40. The van der Waals surface area contributed by atoms with E-state index < -0.39 is 0 Å². The number of carbonyl (C=O) groups excluding carboxylic acids is 1. The summed E-state index contributed by atoms with van der Waals surface area (Å²) in [6, 6.07) is 9.34. The maximum Gasteiger partial charge on any atom is 0.253 e. The van der Waals surface area contributed by atoms with Gasteiger partial charge >= 0.3 is 0 Å². The topological polar surface area (TPSA) is 77.4 Å². The Hall–Kier alpha value is -3.48.